The van der Waals surface area contributed by atoms with Crippen molar-refractivity contribution >= 4 is 22.5 Å². The van der Waals surface area contributed by atoms with Crippen LogP contribution in [0.2, 0.25) is 5.02 Å². The number of pyridine rings is 1. The Bertz CT molecular complexity index is 1170. The number of fused-ring (bicyclic) bond motifs is 1. The number of aromatic nitrogens is 3. The average Bonchev–Trinajstić information content (AvgIpc) is 3.44. The van der Waals surface area contributed by atoms with E-state index in [4.69, 9.17) is 16.3 Å². The Morgan fingerprint density at radius 3 is 2.97 bits per heavy atom. The molecule has 1 fully saturated rings. The van der Waals surface area contributed by atoms with E-state index in [-0.39, 0.29) is 0 Å². The van der Waals surface area contributed by atoms with Crippen LogP contribution in [-0.2, 0) is 13.0 Å². The molecule has 158 valence electrons. The maximum Gasteiger partial charge on any atom is 0.120 e. The number of nitrogens with one attached hydrogen (secondary N) is 1. The molecule has 1 aliphatic heterocycles. The second-order valence-corrected chi connectivity index (χ2v) is 8.52. The van der Waals surface area contributed by atoms with Gasteiger partial charge in [0.1, 0.15) is 5.75 Å². The molecule has 2 aromatic heterocycles. The molecule has 2 aromatic carbocycles. The topological polar surface area (TPSA) is 54.0 Å². The zero-order chi connectivity index (χ0) is 21.0. The summed E-state index contributed by atoms with van der Waals surface area (Å²) in [6.07, 6.45) is 3.78. The van der Waals surface area contributed by atoms with Gasteiger partial charge in [0.25, 0.3) is 0 Å². The lowest BCUT2D eigenvalue weighted by molar-refractivity contribution is 0.320. The quantitative estimate of drug-likeness (QED) is 0.435. The van der Waals surface area contributed by atoms with Crippen LogP contribution in [0.15, 0.2) is 66.9 Å². The number of ether oxygens (including phenoxy) is 1. The van der Waals surface area contributed by atoms with Gasteiger partial charge in [-0.2, -0.15) is 5.10 Å². The molecule has 1 N–H and O–H groups in total. The van der Waals surface area contributed by atoms with Gasteiger partial charge in [-0.25, -0.2) is 0 Å². The van der Waals surface area contributed by atoms with Gasteiger partial charge in [-0.15, -0.1) is 0 Å². The first-order chi connectivity index (χ1) is 15.2. The highest BCUT2D eigenvalue weighted by Crippen LogP contribution is 2.29. The van der Waals surface area contributed by atoms with Gasteiger partial charge < -0.3 is 4.74 Å². The van der Waals surface area contributed by atoms with Crippen LogP contribution in [-0.4, -0.2) is 39.8 Å². The van der Waals surface area contributed by atoms with Crippen LogP contribution in [0, 0.1) is 0 Å². The van der Waals surface area contributed by atoms with Gasteiger partial charge in [-0.05, 0) is 54.9 Å². The summed E-state index contributed by atoms with van der Waals surface area (Å²) in [5.41, 5.74) is 4.66. The summed E-state index contributed by atoms with van der Waals surface area (Å²) in [5.74, 6) is 1.26. The fourth-order valence-electron chi connectivity index (χ4n) is 4.32. The zero-order valence-electron chi connectivity index (χ0n) is 17.3. The predicted octanol–water partition coefficient (Wildman–Crippen LogP) is 5.22. The van der Waals surface area contributed by atoms with E-state index >= 15 is 0 Å². The van der Waals surface area contributed by atoms with Crippen molar-refractivity contribution in [3.8, 4) is 5.75 Å². The van der Waals surface area contributed by atoms with Crippen LogP contribution in [0.5, 0.6) is 5.75 Å². The lowest BCUT2D eigenvalue weighted by Crippen LogP contribution is -2.20. The highest BCUT2D eigenvalue weighted by molar-refractivity contribution is 6.30. The molecular weight excluding hydrogens is 408 g/mol. The number of H-pyrrole nitrogens is 1. The van der Waals surface area contributed by atoms with E-state index in [9.17, 15) is 0 Å². The fraction of sp³-hybridized carbons (Fsp3) is 0.280. The predicted molar refractivity (Wildman–Crippen MR) is 124 cm³/mol. The largest absolute Gasteiger partial charge is 0.493 e. The van der Waals surface area contributed by atoms with E-state index in [0.717, 1.165) is 55.1 Å². The van der Waals surface area contributed by atoms with Crippen LogP contribution in [0.3, 0.4) is 0 Å². The van der Waals surface area contributed by atoms with Crippen molar-refractivity contribution in [1.82, 2.24) is 20.1 Å². The molecule has 0 spiro atoms. The van der Waals surface area contributed by atoms with E-state index in [1.807, 2.05) is 36.5 Å². The highest BCUT2D eigenvalue weighted by atomic mass is 35.5. The van der Waals surface area contributed by atoms with Crippen molar-refractivity contribution in [2.24, 2.45) is 0 Å². The molecule has 0 saturated carbocycles. The number of likely N-dealkylation sites (tertiary alicyclic amines) is 1. The maximum absolute atomic E-state index is 6.01. The van der Waals surface area contributed by atoms with Crippen LogP contribution in [0.1, 0.15) is 29.3 Å². The number of nitrogens with zero attached hydrogens (tertiary/aromatic N) is 3. The first-order valence-electron chi connectivity index (χ1n) is 10.7. The molecule has 0 aliphatic carbocycles. The summed E-state index contributed by atoms with van der Waals surface area (Å²) in [7, 11) is 0. The van der Waals surface area contributed by atoms with Gasteiger partial charge in [0.05, 0.1) is 17.8 Å². The van der Waals surface area contributed by atoms with E-state index in [1.54, 1.807) is 0 Å². The molecule has 1 aliphatic rings. The minimum Gasteiger partial charge on any atom is -0.493 e. The Morgan fingerprint density at radius 1 is 1.10 bits per heavy atom. The van der Waals surface area contributed by atoms with Gasteiger partial charge >= 0.3 is 0 Å². The van der Waals surface area contributed by atoms with E-state index in [2.05, 4.69) is 50.4 Å². The summed E-state index contributed by atoms with van der Waals surface area (Å²) in [4.78, 5) is 7.00. The summed E-state index contributed by atoms with van der Waals surface area (Å²) < 4.78 is 5.80. The molecule has 0 unspecified atom stereocenters. The Hall–Kier alpha value is -2.89. The number of benzene rings is 2. The van der Waals surface area contributed by atoms with E-state index < -0.39 is 0 Å². The van der Waals surface area contributed by atoms with Crippen LogP contribution >= 0.6 is 11.6 Å². The minimum atomic E-state index is 0.465. The van der Waals surface area contributed by atoms with Crippen molar-refractivity contribution in [1.29, 1.82) is 0 Å². The van der Waals surface area contributed by atoms with Crippen molar-refractivity contribution in [2.45, 2.75) is 25.3 Å². The molecule has 0 bridgehead atoms. The smallest absolute Gasteiger partial charge is 0.120 e. The van der Waals surface area contributed by atoms with Gasteiger partial charge in [0, 0.05) is 47.7 Å². The van der Waals surface area contributed by atoms with Gasteiger partial charge in [0.15, 0.2) is 0 Å². The molecule has 3 heterocycles. The monoisotopic (exact) mass is 432 g/mol. The molecule has 4 aromatic rings. The fourth-order valence-corrected chi connectivity index (χ4v) is 4.50. The Labute approximate surface area is 187 Å². The first-order valence-corrected chi connectivity index (χ1v) is 11.1. The molecule has 1 saturated heterocycles. The average molecular weight is 433 g/mol. The van der Waals surface area contributed by atoms with Crippen molar-refractivity contribution in [3.05, 3.63) is 88.8 Å². The number of hydrogen-bond acceptors (Lipinski definition) is 4. The first kappa shape index (κ1) is 20.0. The third-order valence-electron chi connectivity index (χ3n) is 5.91. The molecule has 6 heteroatoms. The second kappa shape index (κ2) is 9.08. The van der Waals surface area contributed by atoms with Gasteiger partial charge in [0.2, 0.25) is 0 Å². The standard InChI is InChI=1S/C25H25ClN4O/c26-20-5-2-6-22(14-20)31-13-10-21-15-25(29-28-21)19-9-12-30(17-19)16-18-4-1-8-24-23(18)7-3-11-27-24/h1-8,11,14-15,19H,9-10,12-13,16-17H2,(H,28,29)/t19-/m1/s1. The molecular formula is C25H25ClN4O. The normalized spacial score (nSPS) is 16.7. The van der Waals surface area contributed by atoms with E-state index in [1.165, 1.54) is 10.9 Å². The van der Waals surface area contributed by atoms with Crippen molar-refractivity contribution in [3.63, 3.8) is 0 Å². The second-order valence-electron chi connectivity index (χ2n) is 8.08. The minimum absolute atomic E-state index is 0.465. The van der Waals surface area contributed by atoms with Crippen LogP contribution in [0.25, 0.3) is 10.9 Å². The Kier molecular flexibility index (Phi) is 5.87. The van der Waals surface area contributed by atoms with Gasteiger partial charge in [-0.1, -0.05) is 35.9 Å². The van der Waals surface area contributed by atoms with Crippen LogP contribution in [0.4, 0.5) is 0 Å². The SMILES string of the molecule is Clc1cccc(OCCc2cc([C@@H]3CCN(Cc4cccc5ncccc45)C3)n[nH]2)c1. The Balaban J connectivity index is 1.16. The summed E-state index contributed by atoms with van der Waals surface area (Å²) in [6, 6.07) is 20.3. The molecule has 31 heavy (non-hydrogen) atoms. The molecule has 1 atom stereocenters. The van der Waals surface area contributed by atoms with E-state index in [0.29, 0.717) is 17.5 Å². The lowest BCUT2D eigenvalue weighted by Gasteiger charge is -2.17. The number of halogens is 1. The highest BCUT2D eigenvalue weighted by Gasteiger charge is 2.26. The van der Waals surface area contributed by atoms with Crippen molar-refractivity contribution < 1.29 is 4.74 Å². The lowest BCUT2D eigenvalue weighted by atomic mass is 10.0. The summed E-state index contributed by atoms with van der Waals surface area (Å²) >= 11 is 6.01. The molecule has 5 rings (SSSR count). The maximum atomic E-state index is 6.01. The zero-order valence-corrected chi connectivity index (χ0v) is 18.1. The number of hydrogen-bond donors (Lipinski definition) is 1. The van der Waals surface area contributed by atoms with Gasteiger partial charge in [-0.3, -0.25) is 15.0 Å². The van der Waals surface area contributed by atoms with Crippen LogP contribution < -0.4 is 4.74 Å². The summed E-state index contributed by atoms with van der Waals surface area (Å²) in [6.45, 7) is 3.65. The third kappa shape index (κ3) is 4.73. The molecule has 0 amide bonds. The number of rotatable bonds is 7. The number of aromatic amines is 1. The molecule has 0 radical (unpaired) electrons. The summed E-state index contributed by atoms with van der Waals surface area (Å²) in [5, 5.41) is 9.71. The van der Waals surface area contributed by atoms with Crippen molar-refractivity contribution in [2.75, 3.05) is 19.7 Å². The Morgan fingerprint density at radius 2 is 2.03 bits per heavy atom. The molecule has 5 nitrogen and oxygen atoms in total. The third-order valence-corrected chi connectivity index (χ3v) is 6.14.